The zero-order valence-corrected chi connectivity index (χ0v) is 18.2. The first-order chi connectivity index (χ1) is 13.8. The highest BCUT2D eigenvalue weighted by Crippen LogP contribution is 2.36. The summed E-state index contributed by atoms with van der Waals surface area (Å²) in [5, 5.41) is 4.89. The Morgan fingerprint density at radius 3 is 2.93 bits per heavy atom. The lowest BCUT2D eigenvalue weighted by molar-refractivity contribution is -0.141. The van der Waals surface area contributed by atoms with Gasteiger partial charge in [-0.25, -0.2) is 8.42 Å². The maximum absolute atomic E-state index is 12.7. The Labute approximate surface area is 178 Å². The van der Waals surface area contributed by atoms with Crippen molar-refractivity contribution in [3.63, 3.8) is 0 Å². The molecule has 156 valence electrons. The van der Waals surface area contributed by atoms with Crippen LogP contribution in [0.4, 0.5) is 11.4 Å². The SMILES string of the molecule is COC(=O)CCOc1cc2c(cc1NS(=O)(=O)c1cccs1)CC(C)OC(=S)N2. The van der Waals surface area contributed by atoms with Gasteiger partial charge in [0.25, 0.3) is 15.2 Å². The molecule has 0 saturated carbocycles. The van der Waals surface area contributed by atoms with Crippen LogP contribution >= 0.6 is 23.6 Å². The predicted octanol–water partition coefficient (Wildman–Crippen LogP) is 3.15. The number of sulfonamides is 1. The van der Waals surface area contributed by atoms with Crippen molar-refractivity contribution in [2.45, 2.75) is 30.1 Å². The predicted molar refractivity (Wildman–Crippen MR) is 114 cm³/mol. The average molecular weight is 457 g/mol. The van der Waals surface area contributed by atoms with Gasteiger partial charge in [-0.1, -0.05) is 6.07 Å². The Bertz CT molecular complexity index is 1000. The molecule has 0 spiro atoms. The van der Waals surface area contributed by atoms with Crippen LogP contribution in [0.3, 0.4) is 0 Å². The summed E-state index contributed by atoms with van der Waals surface area (Å²) in [7, 11) is -2.49. The van der Waals surface area contributed by atoms with Crippen molar-refractivity contribution < 1.29 is 27.4 Å². The fourth-order valence-corrected chi connectivity index (χ4v) is 5.07. The fourth-order valence-electron chi connectivity index (χ4n) is 2.74. The molecule has 0 bridgehead atoms. The van der Waals surface area contributed by atoms with E-state index >= 15 is 0 Å². The van der Waals surface area contributed by atoms with E-state index in [2.05, 4.69) is 14.8 Å². The molecule has 2 heterocycles. The Kier molecular flexibility index (Phi) is 6.60. The van der Waals surface area contributed by atoms with Crippen molar-refractivity contribution in [2.24, 2.45) is 0 Å². The van der Waals surface area contributed by atoms with E-state index in [0.29, 0.717) is 12.1 Å². The summed E-state index contributed by atoms with van der Waals surface area (Å²) < 4.78 is 44.0. The Hall–Kier alpha value is -2.37. The van der Waals surface area contributed by atoms with E-state index in [4.69, 9.17) is 21.7 Å². The third-order valence-electron chi connectivity index (χ3n) is 4.05. The van der Waals surface area contributed by atoms with E-state index in [9.17, 15) is 13.2 Å². The molecule has 29 heavy (non-hydrogen) atoms. The van der Waals surface area contributed by atoms with Gasteiger partial charge in [0.15, 0.2) is 0 Å². The third kappa shape index (κ3) is 5.37. The average Bonchev–Trinajstić information content (AvgIpc) is 3.15. The summed E-state index contributed by atoms with van der Waals surface area (Å²) in [5.74, 6) is -0.167. The van der Waals surface area contributed by atoms with E-state index in [-0.39, 0.29) is 40.0 Å². The highest BCUT2D eigenvalue weighted by Gasteiger charge is 2.23. The maximum atomic E-state index is 12.7. The zero-order valence-electron chi connectivity index (χ0n) is 15.8. The molecule has 1 aromatic heterocycles. The van der Waals surface area contributed by atoms with Gasteiger partial charge in [0, 0.05) is 18.2 Å². The highest BCUT2D eigenvalue weighted by atomic mass is 32.2. The zero-order chi connectivity index (χ0) is 21.0. The van der Waals surface area contributed by atoms with Gasteiger partial charge in [-0.3, -0.25) is 9.52 Å². The smallest absolute Gasteiger partial charge is 0.308 e. The highest BCUT2D eigenvalue weighted by molar-refractivity contribution is 7.94. The van der Waals surface area contributed by atoms with Crippen molar-refractivity contribution in [2.75, 3.05) is 23.8 Å². The van der Waals surface area contributed by atoms with Gasteiger partial charge in [0.2, 0.25) is 0 Å². The first-order valence-electron chi connectivity index (χ1n) is 8.69. The second-order valence-corrected chi connectivity index (χ2v) is 9.49. The minimum Gasteiger partial charge on any atom is -0.491 e. The summed E-state index contributed by atoms with van der Waals surface area (Å²) in [5.41, 5.74) is 1.75. The number of methoxy groups -OCH3 is 1. The number of fused-ring (bicyclic) bond motifs is 1. The molecule has 1 aromatic carbocycles. The number of anilines is 2. The van der Waals surface area contributed by atoms with Crippen LogP contribution in [-0.2, 0) is 30.7 Å². The van der Waals surface area contributed by atoms with Gasteiger partial charge in [-0.2, -0.15) is 0 Å². The van der Waals surface area contributed by atoms with Crippen LogP contribution in [0, 0.1) is 0 Å². The van der Waals surface area contributed by atoms with Gasteiger partial charge in [0.05, 0.1) is 25.8 Å². The molecule has 0 radical (unpaired) electrons. The van der Waals surface area contributed by atoms with Crippen molar-refractivity contribution in [1.82, 2.24) is 0 Å². The number of carbonyl (C=O) groups excluding carboxylic acids is 1. The first kappa shape index (κ1) is 21.3. The van der Waals surface area contributed by atoms with Crippen LogP contribution < -0.4 is 14.8 Å². The monoisotopic (exact) mass is 456 g/mol. The normalized spacial score (nSPS) is 16.1. The molecule has 3 rings (SSSR count). The Morgan fingerprint density at radius 1 is 1.45 bits per heavy atom. The summed E-state index contributed by atoms with van der Waals surface area (Å²) in [6.07, 6.45) is 0.374. The first-order valence-corrected chi connectivity index (χ1v) is 11.5. The lowest BCUT2D eigenvalue weighted by Gasteiger charge is -2.17. The van der Waals surface area contributed by atoms with E-state index in [0.717, 1.165) is 16.9 Å². The number of rotatable bonds is 7. The molecular weight excluding hydrogens is 436 g/mol. The van der Waals surface area contributed by atoms with Gasteiger partial charge in [0.1, 0.15) is 16.1 Å². The van der Waals surface area contributed by atoms with Crippen molar-refractivity contribution in [3.05, 3.63) is 35.2 Å². The Morgan fingerprint density at radius 2 is 2.24 bits per heavy atom. The number of nitrogens with one attached hydrogen (secondary N) is 2. The largest absolute Gasteiger partial charge is 0.491 e. The number of benzene rings is 1. The molecule has 0 aliphatic carbocycles. The number of thiophene rings is 1. The molecule has 0 amide bonds. The van der Waals surface area contributed by atoms with Gasteiger partial charge >= 0.3 is 5.97 Å². The Balaban J connectivity index is 1.95. The summed E-state index contributed by atoms with van der Waals surface area (Å²) in [6, 6.07) is 6.51. The number of carbonyl (C=O) groups is 1. The standard InChI is InChI=1S/C18H20N2O6S3/c1-11-8-12-9-14(20-29(22,23)17-4-3-7-28-17)15(25-6-5-16(21)24-2)10-13(12)19-18(27)26-11/h3-4,7,9-11,20H,5-6,8H2,1-2H3,(H,19,27). The molecule has 0 saturated heterocycles. The quantitative estimate of drug-likeness (QED) is 0.484. The van der Waals surface area contributed by atoms with E-state index < -0.39 is 16.0 Å². The third-order valence-corrected chi connectivity index (χ3v) is 7.01. The van der Waals surface area contributed by atoms with Crippen LogP contribution in [0.25, 0.3) is 0 Å². The van der Waals surface area contributed by atoms with Crippen LogP contribution in [0.1, 0.15) is 18.9 Å². The van der Waals surface area contributed by atoms with Crippen LogP contribution in [-0.4, -0.2) is 39.4 Å². The topological polar surface area (TPSA) is 103 Å². The minimum atomic E-state index is -3.78. The summed E-state index contributed by atoms with van der Waals surface area (Å²) in [4.78, 5) is 11.4. The van der Waals surface area contributed by atoms with Crippen molar-refractivity contribution >= 4 is 56.1 Å². The summed E-state index contributed by atoms with van der Waals surface area (Å²) in [6.45, 7) is 1.90. The van der Waals surface area contributed by atoms with Crippen molar-refractivity contribution in [1.29, 1.82) is 0 Å². The summed E-state index contributed by atoms with van der Waals surface area (Å²) >= 11 is 6.27. The number of ether oxygens (including phenoxy) is 3. The van der Waals surface area contributed by atoms with E-state index in [1.807, 2.05) is 6.92 Å². The van der Waals surface area contributed by atoms with Crippen LogP contribution in [0.15, 0.2) is 33.9 Å². The molecule has 1 aliphatic rings. The van der Waals surface area contributed by atoms with Gasteiger partial charge < -0.3 is 19.5 Å². The van der Waals surface area contributed by atoms with Crippen molar-refractivity contribution in [3.8, 4) is 5.75 Å². The number of hydrogen-bond donors (Lipinski definition) is 2. The molecule has 1 unspecified atom stereocenters. The fraction of sp³-hybridized carbons (Fsp3) is 0.333. The number of thiocarbonyl (C=S) groups is 1. The molecule has 1 aliphatic heterocycles. The molecule has 0 fully saturated rings. The molecule has 2 aromatic rings. The van der Waals surface area contributed by atoms with Crippen LogP contribution in [0.5, 0.6) is 5.75 Å². The van der Waals surface area contributed by atoms with E-state index in [1.54, 1.807) is 23.6 Å². The van der Waals surface area contributed by atoms with Gasteiger partial charge in [-0.15, -0.1) is 11.3 Å². The number of esters is 1. The van der Waals surface area contributed by atoms with E-state index in [1.165, 1.54) is 13.2 Å². The molecule has 1 atom stereocenters. The molecule has 11 heteroatoms. The number of hydrogen-bond acceptors (Lipinski definition) is 8. The van der Waals surface area contributed by atoms with Crippen LogP contribution in [0.2, 0.25) is 0 Å². The molecular formula is C18H20N2O6S3. The minimum absolute atomic E-state index is 0.0243. The molecule has 2 N–H and O–H groups in total. The second kappa shape index (κ2) is 8.97. The second-order valence-electron chi connectivity index (χ2n) is 6.26. The van der Waals surface area contributed by atoms with Gasteiger partial charge in [-0.05, 0) is 42.2 Å². The lowest BCUT2D eigenvalue weighted by Crippen LogP contribution is -2.16. The maximum Gasteiger partial charge on any atom is 0.308 e. The molecule has 8 nitrogen and oxygen atoms in total. The lowest BCUT2D eigenvalue weighted by atomic mass is 10.1.